The van der Waals surface area contributed by atoms with E-state index in [1.54, 1.807) is 30.5 Å². The lowest BCUT2D eigenvalue weighted by molar-refractivity contribution is 0.0842. The van der Waals surface area contributed by atoms with Crippen LogP contribution in [0.3, 0.4) is 0 Å². The van der Waals surface area contributed by atoms with Crippen molar-refractivity contribution in [2.24, 2.45) is 0 Å². The number of hydrogen-bond acceptors (Lipinski definition) is 5. The second-order valence-corrected chi connectivity index (χ2v) is 5.90. The molecule has 1 atom stereocenters. The Bertz CT molecular complexity index is 984. The van der Waals surface area contributed by atoms with Crippen LogP contribution < -0.4 is 15.6 Å². The number of nitrogens with zero attached hydrogens (tertiary/aromatic N) is 2. The van der Waals surface area contributed by atoms with Crippen LogP contribution in [0, 0.1) is 6.92 Å². The van der Waals surface area contributed by atoms with E-state index in [0.29, 0.717) is 11.4 Å². The Hall–Kier alpha value is -3.19. The van der Waals surface area contributed by atoms with Gasteiger partial charge < -0.3 is 15.2 Å². The van der Waals surface area contributed by atoms with Crippen LogP contribution in [-0.2, 0) is 0 Å². The normalized spacial score (nSPS) is 11.9. The smallest absolute Gasteiger partial charge is 0.270 e. The summed E-state index contributed by atoms with van der Waals surface area (Å²) >= 11 is 0. The van der Waals surface area contributed by atoms with Gasteiger partial charge in [-0.3, -0.25) is 14.0 Å². The molecule has 3 aromatic rings. The standard InChI is InChI=1S/C19H19N3O4/c1-13-5-4-6-15(9-13)26-12-14(23)10-21-18(24)16-11-20-17-7-2-3-8-22(17)19(16)25/h2-9,11,14,23H,10,12H2,1H3,(H,21,24)/t14-/m0/s1. The Balaban J connectivity index is 1.58. The first-order chi connectivity index (χ1) is 12.5. The van der Waals surface area contributed by atoms with Gasteiger partial charge in [0.1, 0.15) is 29.7 Å². The molecular weight excluding hydrogens is 334 g/mol. The van der Waals surface area contributed by atoms with Gasteiger partial charge in [0.2, 0.25) is 0 Å². The molecule has 3 rings (SSSR count). The minimum atomic E-state index is -0.907. The second kappa shape index (κ2) is 7.79. The number of rotatable bonds is 6. The van der Waals surface area contributed by atoms with E-state index in [4.69, 9.17) is 4.74 Å². The van der Waals surface area contributed by atoms with Crippen LogP contribution in [0.4, 0.5) is 0 Å². The van der Waals surface area contributed by atoms with Crippen molar-refractivity contribution in [3.05, 3.63) is 76.3 Å². The molecule has 1 aromatic carbocycles. The molecule has 0 saturated carbocycles. The molecule has 134 valence electrons. The quantitative estimate of drug-likeness (QED) is 0.694. The van der Waals surface area contributed by atoms with E-state index in [1.165, 1.54) is 10.6 Å². The predicted molar refractivity (Wildman–Crippen MR) is 96.5 cm³/mol. The van der Waals surface area contributed by atoms with Crippen LogP contribution in [0.5, 0.6) is 5.75 Å². The van der Waals surface area contributed by atoms with Gasteiger partial charge in [0.15, 0.2) is 0 Å². The first-order valence-corrected chi connectivity index (χ1v) is 8.17. The molecule has 0 aliphatic rings. The fourth-order valence-corrected chi connectivity index (χ4v) is 2.44. The third-order valence-corrected chi connectivity index (χ3v) is 3.79. The van der Waals surface area contributed by atoms with E-state index >= 15 is 0 Å². The third-order valence-electron chi connectivity index (χ3n) is 3.79. The number of hydrogen-bond donors (Lipinski definition) is 2. The highest BCUT2D eigenvalue weighted by Crippen LogP contribution is 2.12. The summed E-state index contributed by atoms with van der Waals surface area (Å²) in [5.74, 6) is 0.0581. The number of fused-ring (bicyclic) bond motifs is 1. The van der Waals surface area contributed by atoms with Crippen LogP contribution >= 0.6 is 0 Å². The SMILES string of the molecule is Cc1cccc(OC[C@@H](O)CNC(=O)c2cnc3ccccn3c2=O)c1. The number of nitrogens with one attached hydrogen (secondary N) is 1. The number of carbonyl (C=O) groups excluding carboxylic acids is 1. The van der Waals surface area contributed by atoms with Crippen LogP contribution in [0.2, 0.25) is 0 Å². The lowest BCUT2D eigenvalue weighted by Gasteiger charge is -2.13. The lowest BCUT2D eigenvalue weighted by atomic mass is 10.2. The van der Waals surface area contributed by atoms with Crippen LogP contribution in [0.15, 0.2) is 59.7 Å². The minimum Gasteiger partial charge on any atom is -0.491 e. The van der Waals surface area contributed by atoms with Crippen molar-refractivity contribution >= 4 is 11.6 Å². The molecule has 7 nitrogen and oxygen atoms in total. The van der Waals surface area contributed by atoms with E-state index < -0.39 is 17.6 Å². The summed E-state index contributed by atoms with van der Waals surface area (Å²) in [7, 11) is 0. The maximum absolute atomic E-state index is 12.3. The molecule has 0 radical (unpaired) electrons. The molecule has 2 aromatic heterocycles. The van der Waals surface area contributed by atoms with Gasteiger partial charge in [0, 0.05) is 18.9 Å². The van der Waals surface area contributed by atoms with Crippen molar-refractivity contribution in [3.63, 3.8) is 0 Å². The molecule has 0 aliphatic heterocycles. The van der Waals surface area contributed by atoms with Crippen molar-refractivity contribution in [1.29, 1.82) is 0 Å². The topological polar surface area (TPSA) is 92.9 Å². The summed E-state index contributed by atoms with van der Waals surface area (Å²) in [6, 6.07) is 12.6. The average Bonchev–Trinajstić information content (AvgIpc) is 2.65. The van der Waals surface area contributed by atoms with Gasteiger partial charge in [0.05, 0.1) is 0 Å². The van der Waals surface area contributed by atoms with Crippen molar-refractivity contribution < 1.29 is 14.6 Å². The summed E-state index contributed by atoms with van der Waals surface area (Å²) in [5.41, 5.74) is 0.967. The maximum Gasteiger partial charge on any atom is 0.270 e. The van der Waals surface area contributed by atoms with Gasteiger partial charge in [-0.1, -0.05) is 18.2 Å². The Morgan fingerprint density at radius 3 is 2.96 bits per heavy atom. The molecule has 0 bridgehead atoms. The number of pyridine rings is 1. The predicted octanol–water partition coefficient (Wildman–Crippen LogP) is 1.17. The summed E-state index contributed by atoms with van der Waals surface area (Å²) in [6.07, 6.45) is 1.88. The van der Waals surface area contributed by atoms with Crippen molar-refractivity contribution in [1.82, 2.24) is 14.7 Å². The number of aliphatic hydroxyl groups excluding tert-OH is 1. The third kappa shape index (κ3) is 4.07. The molecule has 2 N–H and O–H groups in total. The van der Waals surface area contributed by atoms with Crippen LogP contribution in [-0.4, -0.2) is 39.7 Å². The molecule has 0 fully saturated rings. The number of aromatic nitrogens is 2. The van der Waals surface area contributed by atoms with E-state index in [1.807, 2.05) is 25.1 Å². The number of benzene rings is 1. The first-order valence-electron chi connectivity index (χ1n) is 8.17. The Labute approximate surface area is 149 Å². The molecule has 0 aliphatic carbocycles. The number of carbonyl (C=O) groups is 1. The van der Waals surface area contributed by atoms with Crippen LogP contribution in [0.25, 0.3) is 5.65 Å². The molecule has 0 spiro atoms. The van der Waals surface area contributed by atoms with Crippen LogP contribution in [0.1, 0.15) is 15.9 Å². The van der Waals surface area contributed by atoms with Crippen molar-refractivity contribution in [2.75, 3.05) is 13.2 Å². The highest BCUT2D eigenvalue weighted by molar-refractivity contribution is 5.93. The molecule has 0 saturated heterocycles. The fourth-order valence-electron chi connectivity index (χ4n) is 2.44. The molecule has 7 heteroatoms. The first kappa shape index (κ1) is 17.6. The molecule has 2 heterocycles. The minimum absolute atomic E-state index is 0.0265. The summed E-state index contributed by atoms with van der Waals surface area (Å²) in [5, 5.41) is 12.5. The maximum atomic E-state index is 12.3. The van der Waals surface area contributed by atoms with E-state index in [0.717, 1.165) is 5.56 Å². The summed E-state index contributed by atoms with van der Waals surface area (Å²) in [4.78, 5) is 28.6. The number of aryl methyl sites for hydroxylation is 1. The lowest BCUT2D eigenvalue weighted by Crippen LogP contribution is -2.38. The van der Waals surface area contributed by atoms with Gasteiger partial charge >= 0.3 is 0 Å². The number of amides is 1. The molecule has 1 amide bonds. The number of aliphatic hydroxyl groups is 1. The molecule has 26 heavy (non-hydrogen) atoms. The van der Waals surface area contributed by atoms with Gasteiger partial charge in [0.25, 0.3) is 11.5 Å². The summed E-state index contributed by atoms with van der Waals surface area (Å²) in [6.45, 7) is 1.93. The van der Waals surface area contributed by atoms with Gasteiger partial charge in [-0.05, 0) is 36.8 Å². The Morgan fingerprint density at radius 2 is 2.15 bits per heavy atom. The monoisotopic (exact) mass is 353 g/mol. The average molecular weight is 353 g/mol. The molecule has 0 unspecified atom stereocenters. The Morgan fingerprint density at radius 1 is 1.31 bits per heavy atom. The van der Waals surface area contributed by atoms with E-state index in [-0.39, 0.29) is 18.7 Å². The van der Waals surface area contributed by atoms with Gasteiger partial charge in [-0.2, -0.15) is 0 Å². The molecular formula is C19H19N3O4. The summed E-state index contributed by atoms with van der Waals surface area (Å²) < 4.78 is 6.79. The Kier molecular flexibility index (Phi) is 5.28. The van der Waals surface area contributed by atoms with Crippen molar-refractivity contribution in [3.8, 4) is 5.75 Å². The zero-order valence-corrected chi connectivity index (χ0v) is 14.3. The highest BCUT2D eigenvalue weighted by Gasteiger charge is 2.14. The number of ether oxygens (including phenoxy) is 1. The van der Waals surface area contributed by atoms with Crippen molar-refractivity contribution in [2.45, 2.75) is 13.0 Å². The largest absolute Gasteiger partial charge is 0.491 e. The van der Waals surface area contributed by atoms with E-state index in [9.17, 15) is 14.7 Å². The second-order valence-electron chi connectivity index (χ2n) is 5.90. The zero-order chi connectivity index (χ0) is 18.5. The van der Waals surface area contributed by atoms with Gasteiger partial charge in [-0.25, -0.2) is 4.98 Å². The van der Waals surface area contributed by atoms with E-state index in [2.05, 4.69) is 10.3 Å². The highest BCUT2D eigenvalue weighted by atomic mass is 16.5. The van der Waals surface area contributed by atoms with Gasteiger partial charge in [-0.15, -0.1) is 0 Å². The zero-order valence-electron chi connectivity index (χ0n) is 14.3. The fraction of sp³-hybridized carbons (Fsp3) is 0.211.